The van der Waals surface area contributed by atoms with Crippen LogP contribution in [0.15, 0.2) is 18.2 Å². The summed E-state index contributed by atoms with van der Waals surface area (Å²) in [5.41, 5.74) is 2.25. The summed E-state index contributed by atoms with van der Waals surface area (Å²) in [5.74, 6) is 1.03. The highest BCUT2D eigenvalue weighted by Gasteiger charge is 2.31. The van der Waals surface area contributed by atoms with E-state index < -0.39 is 0 Å². The molecule has 4 nitrogen and oxygen atoms in total. The third-order valence-corrected chi connectivity index (χ3v) is 3.35. The molecule has 0 aromatic heterocycles. The Kier molecular flexibility index (Phi) is 4.65. The highest BCUT2D eigenvalue weighted by atomic mass is 16.5. The normalized spacial score (nSPS) is 15.6. The van der Waals surface area contributed by atoms with E-state index in [1.807, 2.05) is 6.92 Å². The van der Waals surface area contributed by atoms with E-state index in [2.05, 4.69) is 42.7 Å². The number of ether oxygens (including phenoxy) is 1. The Balaban J connectivity index is 1.89. The van der Waals surface area contributed by atoms with Crippen LogP contribution in [0.1, 0.15) is 38.3 Å². The van der Waals surface area contributed by atoms with Crippen molar-refractivity contribution >= 4 is 5.91 Å². The lowest BCUT2D eigenvalue weighted by molar-refractivity contribution is -0.120. The Morgan fingerprint density at radius 2 is 2.20 bits per heavy atom. The molecule has 0 aliphatic carbocycles. The van der Waals surface area contributed by atoms with Crippen LogP contribution < -0.4 is 15.4 Å². The second kappa shape index (κ2) is 6.27. The number of benzene rings is 1. The second-order valence-corrected chi connectivity index (χ2v) is 5.90. The van der Waals surface area contributed by atoms with Gasteiger partial charge < -0.3 is 15.4 Å². The van der Waals surface area contributed by atoms with Crippen molar-refractivity contribution in [2.75, 3.05) is 13.1 Å². The monoisotopic (exact) mass is 276 g/mol. The molecule has 0 saturated carbocycles. The molecule has 0 saturated heterocycles. The molecule has 1 aromatic carbocycles. The van der Waals surface area contributed by atoms with Crippen molar-refractivity contribution in [1.82, 2.24) is 10.6 Å². The molecule has 1 aliphatic rings. The predicted molar refractivity (Wildman–Crippen MR) is 79.9 cm³/mol. The van der Waals surface area contributed by atoms with Crippen LogP contribution in [-0.4, -0.2) is 24.6 Å². The third kappa shape index (κ3) is 3.73. The van der Waals surface area contributed by atoms with Crippen LogP contribution in [0.2, 0.25) is 0 Å². The lowest BCUT2D eigenvalue weighted by Crippen LogP contribution is -2.34. The average Bonchev–Trinajstić information content (AvgIpc) is 2.71. The van der Waals surface area contributed by atoms with E-state index in [4.69, 9.17) is 4.74 Å². The number of para-hydroxylation sites is 1. The molecular formula is C16H24N2O2. The van der Waals surface area contributed by atoms with Gasteiger partial charge in [-0.15, -0.1) is 0 Å². The Bertz CT molecular complexity index is 483. The molecule has 2 N–H and O–H groups in total. The van der Waals surface area contributed by atoms with Gasteiger partial charge in [-0.3, -0.25) is 4.79 Å². The number of carbonyl (C=O) groups excluding carboxylic acids is 1. The summed E-state index contributed by atoms with van der Waals surface area (Å²) in [6.07, 6.45) is 1.90. The summed E-state index contributed by atoms with van der Waals surface area (Å²) < 4.78 is 6.01. The standard InChI is InChI=1S/C16H24N2O2/c1-4-8-18-14(19)11-17-10-13-7-5-6-12-9-16(2,3)20-15(12)13/h5-7,17H,4,8-11H2,1-3H3,(H,18,19). The van der Waals surface area contributed by atoms with Crippen LogP contribution in [0.4, 0.5) is 0 Å². The predicted octanol–water partition coefficient (Wildman–Crippen LogP) is 2.02. The first kappa shape index (κ1) is 14.9. The molecule has 1 aliphatic heterocycles. The zero-order chi connectivity index (χ0) is 14.6. The summed E-state index contributed by atoms with van der Waals surface area (Å²) in [6, 6.07) is 6.22. The zero-order valence-electron chi connectivity index (χ0n) is 12.6. The highest BCUT2D eigenvalue weighted by molar-refractivity contribution is 5.77. The molecule has 4 heteroatoms. The number of carbonyl (C=O) groups is 1. The molecule has 2 rings (SSSR count). The van der Waals surface area contributed by atoms with E-state index in [1.165, 1.54) is 5.56 Å². The van der Waals surface area contributed by atoms with E-state index in [-0.39, 0.29) is 11.5 Å². The van der Waals surface area contributed by atoms with Crippen molar-refractivity contribution < 1.29 is 9.53 Å². The number of hydrogen-bond donors (Lipinski definition) is 2. The van der Waals surface area contributed by atoms with Crippen molar-refractivity contribution in [1.29, 1.82) is 0 Å². The number of hydrogen-bond acceptors (Lipinski definition) is 3. The maximum atomic E-state index is 11.5. The first-order chi connectivity index (χ1) is 9.52. The van der Waals surface area contributed by atoms with Crippen molar-refractivity contribution in [2.45, 2.75) is 45.8 Å². The molecule has 0 bridgehead atoms. The third-order valence-electron chi connectivity index (χ3n) is 3.35. The average molecular weight is 276 g/mol. The largest absolute Gasteiger partial charge is 0.487 e. The first-order valence-electron chi connectivity index (χ1n) is 7.29. The molecule has 1 amide bonds. The molecule has 20 heavy (non-hydrogen) atoms. The Morgan fingerprint density at radius 3 is 2.95 bits per heavy atom. The minimum Gasteiger partial charge on any atom is -0.487 e. The van der Waals surface area contributed by atoms with Crippen LogP contribution in [0, 0.1) is 0 Å². The summed E-state index contributed by atoms with van der Waals surface area (Å²) >= 11 is 0. The van der Waals surface area contributed by atoms with E-state index >= 15 is 0 Å². The van der Waals surface area contributed by atoms with E-state index in [0.29, 0.717) is 13.1 Å². The summed E-state index contributed by atoms with van der Waals surface area (Å²) in [7, 11) is 0. The topological polar surface area (TPSA) is 50.4 Å². The van der Waals surface area contributed by atoms with Gasteiger partial charge in [-0.2, -0.15) is 0 Å². The number of nitrogens with one attached hydrogen (secondary N) is 2. The second-order valence-electron chi connectivity index (χ2n) is 5.90. The van der Waals surface area contributed by atoms with Gasteiger partial charge in [-0.1, -0.05) is 25.1 Å². The fraction of sp³-hybridized carbons (Fsp3) is 0.562. The molecule has 0 spiro atoms. The number of fused-ring (bicyclic) bond motifs is 1. The number of rotatable bonds is 6. The minimum absolute atomic E-state index is 0.0423. The first-order valence-corrected chi connectivity index (χ1v) is 7.29. The Hall–Kier alpha value is -1.55. The smallest absolute Gasteiger partial charge is 0.233 e. The highest BCUT2D eigenvalue weighted by Crippen LogP contribution is 2.37. The van der Waals surface area contributed by atoms with Gasteiger partial charge in [0.15, 0.2) is 0 Å². The molecule has 1 aromatic rings. The van der Waals surface area contributed by atoms with Gasteiger partial charge in [0.2, 0.25) is 5.91 Å². The van der Waals surface area contributed by atoms with Crippen LogP contribution in [0.3, 0.4) is 0 Å². The van der Waals surface area contributed by atoms with Gasteiger partial charge >= 0.3 is 0 Å². The molecule has 110 valence electrons. The van der Waals surface area contributed by atoms with E-state index in [0.717, 1.165) is 30.7 Å². The SMILES string of the molecule is CCCNC(=O)CNCc1cccc2c1OC(C)(C)C2. The summed E-state index contributed by atoms with van der Waals surface area (Å²) in [6.45, 7) is 7.97. The Morgan fingerprint density at radius 1 is 1.40 bits per heavy atom. The molecule has 1 heterocycles. The Labute approximate surface area is 120 Å². The van der Waals surface area contributed by atoms with Gasteiger partial charge in [0.1, 0.15) is 11.4 Å². The maximum Gasteiger partial charge on any atom is 0.233 e. The van der Waals surface area contributed by atoms with Crippen molar-refractivity contribution in [3.63, 3.8) is 0 Å². The van der Waals surface area contributed by atoms with Gasteiger partial charge in [0.25, 0.3) is 0 Å². The van der Waals surface area contributed by atoms with Gasteiger partial charge in [0, 0.05) is 25.1 Å². The minimum atomic E-state index is -0.128. The molecule has 0 unspecified atom stereocenters. The molecule has 0 radical (unpaired) electrons. The van der Waals surface area contributed by atoms with Crippen molar-refractivity contribution in [3.8, 4) is 5.75 Å². The fourth-order valence-electron chi connectivity index (χ4n) is 2.46. The maximum absolute atomic E-state index is 11.5. The molecule has 0 fully saturated rings. The fourth-order valence-corrected chi connectivity index (χ4v) is 2.46. The van der Waals surface area contributed by atoms with Gasteiger partial charge in [-0.05, 0) is 25.8 Å². The van der Waals surface area contributed by atoms with Gasteiger partial charge in [-0.25, -0.2) is 0 Å². The van der Waals surface area contributed by atoms with Crippen molar-refractivity contribution in [3.05, 3.63) is 29.3 Å². The zero-order valence-corrected chi connectivity index (χ0v) is 12.6. The van der Waals surface area contributed by atoms with Crippen LogP contribution in [0.5, 0.6) is 5.75 Å². The van der Waals surface area contributed by atoms with E-state index in [9.17, 15) is 4.79 Å². The lowest BCUT2D eigenvalue weighted by atomic mass is 10.0. The van der Waals surface area contributed by atoms with Crippen LogP contribution in [-0.2, 0) is 17.8 Å². The summed E-state index contributed by atoms with van der Waals surface area (Å²) in [4.78, 5) is 11.5. The van der Waals surface area contributed by atoms with Gasteiger partial charge in [0.05, 0.1) is 6.54 Å². The lowest BCUT2D eigenvalue weighted by Gasteiger charge is -2.18. The van der Waals surface area contributed by atoms with Crippen LogP contribution >= 0.6 is 0 Å². The molecule has 0 atom stereocenters. The van der Waals surface area contributed by atoms with E-state index in [1.54, 1.807) is 0 Å². The molecular weight excluding hydrogens is 252 g/mol. The summed E-state index contributed by atoms with van der Waals surface area (Å²) in [5, 5.41) is 6.03. The number of amides is 1. The van der Waals surface area contributed by atoms with Crippen molar-refractivity contribution in [2.24, 2.45) is 0 Å². The quantitative estimate of drug-likeness (QED) is 0.835. The van der Waals surface area contributed by atoms with Crippen LogP contribution in [0.25, 0.3) is 0 Å².